The first-order valence-corrected chi connectivity index (χ1v) is 6.23. The fourth-order valence-electron chi connectivity index (χ4n) is 1.86. The lowest BCUT2D eigenvalue weighted by Gasteiger charge is -2.16. The normalized spacial score (nSPS) is 10.6. The minimum atomic E-state index is -1.02. The van der Waals surface area contributed by atoms with Gasteiger partial charge in [-0.1, -0.05) is 0 Å². The number of amides is 1. The average Bonchev–Trinajstić information content (AvgIpc) is 2.88. The van der Waals surface area contributed by atoms with E-state index in [1.54, 1.807) is 17.9 Å². The number of aryl methyl sites for hydroxylation is 1. The highest BCUT2D eigenvalue weighted by Crippen LogP contribution is 2.12. The quantitative estimate of drug-likeness (QED) is 0.862. The molecule has 0 N–H and O–H groups in total. The molecule has 0 saturated heterocycles. The molecule has 1 aromatic heterocycles. The summed E-state index contributed by atoms with van der Waals surface area (Å²) < 4.78 is 27.7. The summed E-state index contributed by atoms with van der Waals surface area (Å²) >= 11 is 0. The van der Waals surface area contributed by atoms with Crippen LogP contribution in [0.4, 0.5) is 8.78 Å². The van der Waals surface area contributed by atoms with Gasteiger partial charge in [-0.15, -0.1) is 0 Å². The van der Waals surface area contributed by atoms with Crippen LogP contribution in [0.25, 0.3) is 0 Å². The van der Waals surface area contributed by atoms with Crippen LogP contribution in [-0.4, -0.2) is 27.6 Å². The zero-order valence-corrected chi connectivity index (χ0v) is 11.3. The number of aromatic nitrogens is 2. The maximum atomic E-state index is 13.1. The predicted molar refractivity (Wildman–Crippen MR) is 70.1 cm³/mol. The van der Waals surface area contributed by atoms with E-state index < -0.39 is 11.6 Å². The van der Waals surface area contributed by atoms with Crippen LogP contribution in [0.2, 0.25) is 0 Å². The van der Waals surface area contributed by atoms with Gasteiger partial charge in [-0.2, -0.15) is 5.10 Å². The molecule has 0 unspecified atom stereocenters. The summed E-state index contributed by atoms with van der Waals surface area (Å²) in [6, 6.07) is 3.13. The van der Waals surface area contributed by atoms with Crippen molar-refractivity contribution in [3.8, 4) is 0 Å². The van der Waals surface area contributed by atoms with E-state index in [2.05, 4.69) is 5.10 Å². The van der Waals surface area contributed by atoms with Gasteiger partial charge in [-0.3, -0.25) is 9.48 Å². The lowest BCUT2D eigenvalue weighted by molar-refractivity contribution is 0.0784. The molecular formula is C14H15F2N3O. The average molecular weight is 279 g/mol. The van der Waals surface area contributed by atoms with Gasteiger partial charge in [-0.05, 0) is 25.1 Å². The van der Waals surface area contributed by atoms with Gasteiger partial charge in [0, 0.05) is 37.5 Å². The van der Waals surface area contributed by atoms with Crippen LogP contribution in [0.5, 0.6) is 0 Å². The van der Waals surface area contributed by atoms with E-state index in [1.165, 1.54) is 11.0 Å². The Labute approximate surface area is 115 Å². The highest BCUT2D eigenvalue weighted by atomic mass is 19.2. The Morgan fingerprint density at radius 1 is 1.35 bits per heavy atom. The molecule has 0 fully saturated rings. The van der Waals surface area contributed by atoms with E-state index in [0.29, 0.717) is 6.54 Å². The molecule has 1 heterocycles. The van der Waals surface area contributed by atoms with Crippen LogP contribution in [0, 0.1) is 11.6 Å². The van der Waals surface area contributed by atoms with Gasteiger partial charge < -0.3 is 4.90 Å². The molecule has 0 spiro atoms. The second-order valence-electron chi connectivity index (χ2n) is 4.49. The van der Waals surface area contributed by atoms with Crippen LogP contribution < -0.4 is 0 Å². The van der Waals surface area contributed by atoms with Gasteiger partial charge in [0.1, 0.15) is 0 Å². The lowest BCUT2D eigenvalue weighted by Crippen LogP contribution is -2.26. The van der Waals surface area contributed by atoms with Crippen molar-refractivity contribution in [1.82, 2.24) is 14.7 Å². The molecule has 0 aliphatic heterocycles. The third kappa shape index (κ3) is 3.01. The fourth-order valence-corrected chi connectivity index (χ4v) is 1.86. The molecule has 0 aliphatic rings. The number of carbonyl (C=O) groups excluding carboxylic acids is 1. The summed E-state index contributed by atoms with van der Waals surface area (Å²) in [6.45, 7) is 3.08. The minimum Gasteiger partial charge on any atom is -0.337 e. The third-order valence-corrected chi connectivity index (χ3v) is 2.94. The smallest absolute Gasteiger partial charge is 0.254 e. The highest BCUT2D eigenvalue weighted by molar-refractivity contribution is 5.94. The van der Waals surface area contributed by atoms with Gasteiger partial charge >= 0.3 is 0 Å². The molecule has 0 saturated carbocycles. The van der Waals surface area contributed by atoms with E-state index >= 15 is 0 Å². The molecule has 0 bridgehead atoms. The van der Waals surface area contributed by atoms with Gasteiger partial charge in [0.25, 0.3) is 5.91 Å². The van der Waals surface area contributed by atoms with Gasteiger partial charge in [0.05, 0.1) is 6.20 Å². The van der Waals surface area contributed by atoms with Crippen LogP contribution in [-0.2, 0) is 13.1 Å². The van der Waals surface area contributed by atoms with Crippen molar-refractivity contribution in [1.29, 1.82) is 0 Å². The van der Waals surface area contributed by atoms with Gasteiger partial charge in [0.2, 0.25) is 0 Å². The summed E-state index contributed by atoms with van der Waals surface area (Å²) in [7, 11) is 1.60. The molecule has 2 rings (SSSR count). The molecule has 0 radical (unpaired) electrons. The molecule has 2 aromatic rings. The van der Waals surface area contributed by atoms with Crippen molar-refractivity contribution in [2.24, 2.45) is 0 Å². The van der Waals surface area contributed by atoms with E-state index in [1.807, 2.05) is 13.1 Å². The number of benzene rings is 1. The number of hydrogen-bond donors (Lipinski definition) is 0. The maximum Gasteiger partial charge on any atom is 0.254 e. The Morgan fingerprint density at radius 2 is 2.10 bits per heavy atom. The molecular weight excluding hydrogens is 264 g/mol. The first-order valence-electron chi connectivity index (χ1n) is 6.23. The first-order chi connectivity index (χ1) is 9.51. The Hall–Kier alpha value is -2.24. The summed E-state index contributed by atoms with van der Waals surface area (Å²) in [5.74, 6) is -2.36. The lowest BCUT2D eigenvalue weighted by atomic mass is 10.2. The second-order valence-corrected chi connectivity index (χ2v) is 4.49. The summed E-state index contributed by atoms with van der Waals surface area (Å²) in [5.41, 5.74) is 1.000. The van der Waals surface area contributed by atoms with E-state index in [4.69, 9.17) is 0 Å². The van der Waals surface area contributed by atoms with Crippen molar-refractivity contribution >= 4 is 5.91 Å². The Balaban J connectivity index is 2.09. The van der Waals surface area contributed by atoms with Crippen LogP contribution in [0.3, 0.4) is 0 Å². The summed E-state index contributed by atoms with van der Waals surface area (Å²) in [5, 5.41) is 4.11. The molecule has 20 heavy (non-hydrogen) atoms. The molecule has 106 valence electrons. The number of carbonyl (C=O) groups is 1. The summed E-state index contributed by atoms with van der Waals surface area (Å²) in [6.07, 6.45) is 3.52. The van der Waals surface area contributed by atoms with Crippen LogP contribution in [0.1, 0.15) is 22.8 Å². The minimum absolute atomic E-state index is 0.120. The van der Waals surface area contributed by atoms with Crippen LogP contribution in [0.15, 0.2) is 30.6 Å². The van der Waals surface area contributed by atoms with Crippen molar-refractivity contribution < 1.29 is 13.6 Å². The Bertz CT molecular complexity index is 625. The van der Waals surface area contributed by atoms with Crippen molar-refractivity contribution in [3.05, 3.63) is 53.4 Å². The fraction of sp³-hybridized carbons (Fsp3) is 0.286. The zero-order valence-electron chi connectivity index (χ0n) is 11.3. The maximum absolute atomic E-state index is 13.1. The number of halogens is 2. The third-order valence-electron chi connectivity index (χ3n) is 2.94. The SMILES string of the molecule is CCn1cc(CN(C)C(=O)c2ccc(F)c(F)c2)cn1. The molecule has 0 aliphatic carbocycles. The first kappa shape index (κ1) is 14.2. The Kier molecular flexibility index (Phi) is 4.12. The monoisotopic (exact) mass is 279 g/mol. The van der Waals surface area contributed by atoms with Crippen molar-refractivity contribution in [3.63, 3.8) is 0 Å². The highest BCUT2D eigenvalue weighted by Gasteiger charge is 2.15. The standard InChI is InChI=1S/C14H15F2N3O/c1-3-19-9-10(7-17-19)8-18(2)14(20)11-4-5-12(15)13(16)6-11/h4-7,9H,3,8H2,1-2H3. The number of nitrogens with zero attached hydrogens (tertiary/aromatic N) is 3. The molecule has 0 atom stereocenters. The number of rotatable bonds is 4. The van der Waals surface area contributed by atoms with Crippen molar-refractivity contribution in [2.45, 2.75) is 20.0 Å². The number of hydrogen-bond acceptors (Lipinski definition) is 2. The predicted octanol–water partition coefficient (Wildman–Crippen LogP) is 2.45. The largest absolute Gasteiger partial charge is 0.337 e. The topological polar surface area (TPSA) is 38.1 Å². The zero-order chi connectivity index (χ0) is 14.7. The molecule has 4 nitrogen and oxygen atoms in total. The van der Waals surface area contributed by atoms with Gasteiger partial charge in [-0.25, -0.2) is 8.78 Å². The summed E-state index contributed by atoms with van der Waals surface area (Å²) in [4.78, 5) is 13.5. The van der Waals surface area contributed by atoms with Crippen molar-refractivity contribution in [2.75, 3.05) is 7.05 Å². The molecule has 1 amide bonds. The van der Waals surface area contributed by atoms with Gasteiger partial charge in [0.15, 0.2) is 11.6 Å². The molecule has 1 aromatic carbocycles. The van der Waals surface area contributed by atoms with E-state index in [-0.39, 0.29) is 11.5 Å². The van der Waals surface area contributed by atoms with Crippen LogP contribution >= 0.6 is 0 Å². The van der Waals surface area contributed by atoms with E-state index in [0.717, 1.165) is 24.2 Å². The Morgan fingerprint density at radius 3 is 2.70 bits per heavy atom. The molecule has 6 heteroatoms. The second kappa shape index (κ2) is 5.81. The van der Waals surface area contributed by atoms with E-state index in [9.17, 15) is 13.6 Å².